The zero-order valence-electron chi connectivity index (χ0n) is 22.7. The number of aromatic hydroxyl groups is 2. The van der Waals surface area contributed by atoms with Crippen LogP contribution in [0.25, 0.3) is 21.8 Å². The van der Waals surface area contributed by atoms with E-state index in [4.69, 9.17) is 0 Å². The summed E-state index contributed by atoms with van der Waals surface area (Å²) in [6, 6.07) is 28.5. The molecule has 0 atom stereocenters. The zero-order valence-corrected chi connectivity index (χ0v) is 24.3. The maximum absolute atomic E-state index is 13.7. The summed E-state index contributed by atoms with van der Waals surface area (Å²) in [4.78, 5) is 27.4. The highest BCUT2D eigenvalue weighted by Crippen LogP contribution is 2.48. The Bertz CT molecular complexity index is 1820. The van der Waals surface area contributed by atoms with Crippen LogP contribution in [0.5, 0.6) is 11.5 Å². The summed E-state index contributed by atoms with van der Waals surface area (Å²) in [5.74, 6) is -0.743. The largest absolute Gasteiger partial charge is 0.507 e. The van der Waals surface area contributed by atoms with Gasteiger partial charge in [0.25, 0.3) is 11.8 Å². The number of amides is 2. The Balaban J connectivity index is 1.44. The van der Waals surface area contributed by atoms with Gasteiger partial charge < -0.3 is 30.0 Å². The number of benzene rings is 4. The molecule has 0 bridgehead atoms. The van der Waals surface area contributed by atoms with Gasteiger partial charge in [0.1, 0.15) is 11.5 Å². The summed E-state index contributed by atoms with van der Waals surface area (Å²) in [6.07, 6.45) is 0. The molecule has 0 spiro atoms. The summed E-state index contributed by atoms with van der Waals surface area (Å²) in [5.41, 5.74) is 3.28. The minimum atomic E-state index is -0.367. The second-order valence-electron chi connectivity index (χ2n) is 9.63. The van der Waals surface area contributed by atoms with Crippen LogP contribution < -0.4 is 10.6 Å². The molecule has 0 saturated heterocycles. The first kappa shape index (κ1) is 27.4. The average molecular weight is 595 g/mol. The lowest BCUT2D eigenvalue weighted by molar-refractivity contribution is 0.101. The van der Waals surface area contributed by atoms with Crippen LogP contribution in [0.3, 0.4) is 0 Å². The molecule has 10 heteroatoms. The predicted octanol–water partition coefficient (Wildman–Crippen LogP) is 7.39. The van der Waals surface area contributed by atoms with Crippen LogP contribution in [0, 0.1) is 0 Å². The first-order valence-corrected chi connectivity index (χ1v) is 15.2. The summed E-state index contributed by atoms with van der Waals surface area (Å²) in [6.45, 7) is 0. The Hall–Kier alpha value is -4.80. The molecular formula is C32H26N4O4S2. The number of nitrogens with zero attached hydrogens (tertiary/aromatic N) is 2. The fourth-order valence-corrected chi connectivity index (χ4v) is 7.80. The fraction of sp³-hybridized carbons (Fsp3) is 0.0625. The Morgan fingerprint density at radius 1 is 0.571 bits per heavy atom. The van der Waals surface area contributed by atoms with Gasteiger partial charge in [-0.25, -0.2) is 0 Å². The highest BCUT2D eigenvalue weighted by atomic mass is 33.1. The molecule has 0 unspecified atom stereocenters. The van der Waals surface area contributed by atoms with Crippen molar-refractivity contribution in [3.05, 3.63) is 108 Å². The molecule has 0 radical (unpaired) electrons. The number of para-hydroxylation sites is 2. The Morgan fingerprint density at radius 3 is 1.33 bits per heavy atom. The van der Waals surface area contributed by atoms with Gasteiger partial charge in [-0.05, 0) is 70.1 Å². The highest BCUT2D eigenvalue weighted by Gasteiger charge is 2.28. The molecule has 0 aliphatic heterocycles. The molecule has 2 heterocycles. The Labute approximate surface area is 249 Å². The van der Waals surface area contributed by atoms with E-state index in [2.05, 4.69) is 10.6 Å². The summed E-state index contributed by atoms with van der Waals surface area (Å²) < 4.78 is 3.72. The fourth-order valence-electron chi connectivity index (χ4n) is 5.02. The van der Waals surface area contributed by atoms with E-state index < -0.39 is 0 Å². The lowest BCUT2D eigenvalue weighted by Crippen LogP contribution is -2.13. The number of fused-ring (bicyclic) bond motifs is 2. The number of aryl methyl sites for hydroxylation is 2. The lowest BCUT2D eigenvalue weighted by atomic mass is 10.1. The highest BCUT2D eigenvalue weighted by molar-refractivity contribution is 8.76. The molecule has 6 rings (SSSR count). The second kappa shape index (κ2) is 11.2. The minimum Gasteiger partial charge on any atom is -0.507 e. The molecule has 2 aromatic heterocycles. The number of aromatic nitrogens is 2. The van der Waals surface area contributed by atoms with E-state index in [1.54, 1.807) is 48.5 Å². The van der Waals surface area contributed by atoms with Crippen molar-refractivity contribution in [3.8, 4) is 11.5 Å². The van der Waals surface area contributed by atoms with Crippen molar-refractivity contribution in [1.82, 2.24) is 9.13 Å². The van der Waals surface area contributed by atoms with Crippen LogP contribution in [-0.4, -0.2) is 31.2 Å². The number of hydrogen-bond acceptors (Lipinski definition) is 6. The van der Waals surface area contributed by atoms with Crippen molar-refractivity contribution in [3.63, 3.8) is 0 Å². The second-order valence-corrected chi connectivity index (χ2v) is 11.7. The van der Waals surface area contributed by atoms with Crippen LogP contribution in [0.4, 0.5) is 11.4 Å². The van der Waals surface area contributed by atoms with Crippen molar-refractivity contribution in [2.24, 2.45) is 14.1 Å². The molecule has 0 aliphatic carbocycles. The third-order valence-corrected chi connectivity index (χ3v) is 9.57. The molecular weight excluding hydrogens is 569 g/mol. The predicted molar refractivity (Wildman–Crippen MR) is 170 cm³/mol. The molecule has 0 saturated carbocycles. The van der Waals surface area contributed by atoms with E-state index in [0.717, 1.165) is 0 Å². The SMILES string of the molecule is Cn1c(SSc2c(C(=O)Nc3ccccc3)c3c(O)cccc3n2C)c(C(=O)Nc2ccccc2)c2c(O)cccc21. The smallest absolute Gasteiger partial charge is 0.259 e. The number of hydrogen-bond donors (Lipinski definition) is 4. The first-order valence-electron chi connectivity index (χ1n) is 13.0. The number of phenolic OH excluding ortho intramolecular Hbond substituents is 2. The standard InChI is InChI=1S/C32H26N4O4S2/c1-35-21-15-9-17-23(37)25(21)27(29(39)33-19-11-5-3-6-12-19)31(35)41-42-32-28(30(40)34-20-13-7-4-8-14-20)26-22(36(32)2)16-10-18-24(26)38/h3-18,37-38H,1-2H3,(H,33,39)(H,34,40). The molecule has 0 aliphatic rings. The van der Waals surface area contributed by atoms with Gasteiger partial charge in [-0.3, -0.25) is 9.59 Å². The normalized spacial score (nSPS) is 11.2. The molecule has 210 valence electrons. The quantitative estimate of drug-likeness (QED) is 0.144. The minimum absolute atomic E-state index is 0.00406. The number of carbonyl (C=O) groups is 2. The third kappa shape index (κ3) is 4.84. The Morgan fingerprint density at radius 2 is 0.952 bits per heavy atom. The van der Waals surface area contributed by atoms with Crippen LogP contribution in [-0.2, 0) is 14.1 Å². The molecule has 4 aromatic carbocycles. The lowest BCUT2D eigenvalue weighted by Gasteiger charge is -2.11. The topological polar surface area (TPSA) is 109 Å². The van der Waals surface area contributed by atoms with E-state index in [0.29, 0.717) is 54.4 Å². The molecule has 42 heavy (non-hydrogen) atoms. The van der Waals surface area contributed by atoms with Crippen molar-refractivity contribution in [2.45, 2.75) is 10.1 Å². The first-order chi connectivity index (χ1) is 20.3. The summed E-state index contributed by atoms with van der Waals surface area (Å²) in [7, 11) is 6.26. The average Bonchev–Trinajstić information content (AvgIpc) is 3.45. The van der Waals surface area contributed by atoms with Crippen LogP contribution in [0.2, 0.25) is 0 Å². The van der Waals surface area contributed by atoms with E-state index in [1.807, 2.05) is 71.8 Å². The van der Waals surface area contributed by atoms with Crippen LogP contribution >= 0.6 is 21.6 Å². The van der Waals surface area contributed by atoms with E-state index in [-0.39, 0.29) is 23.3 Å². The van der Waals surface area contributed by atoms with Gasteiger partial charge in [0.2, 0.25) is 0 Å². The number of phenols is 2. The summed E-state index contributed by atoms with van der Waals surface area (Å²) >= 11 is 0. The molecule has 2 amide bonds. The third-order valence-electron chi connectivity index (χ3n) is 7.02. The number of rotatable bonds is 7. The molecule has 6 aromatic rings. The number of carbonyl (C=O) groups excluding carboxylic acids is 2. The number of anilines is 2. The van der Waals surface area contributed by atoms with Crippen LogP contribution in [0.15, 0.2) is 107 Å². The van der Waals surface area contributed by atoms with Gasteiger partial charge in [-0.15, -0.1) is 0 Å². The summed E-state index contributed by atoms with van der Waals surface area (Å²) in [5, 5.41) is 29.6. The van der Waals surface area contributed by atoms with Crippen molar-refractivity contribution in [1.29, 1.82) is 0 Å². The molecule has 0 fully saturated rings. The van der Waals surface area contributed by atoms with Crippen molar-refractivity contribution >= 4 is 66.6 Å². The van der Waals surface area contributed by atoms with E-state index in [9.17, 15) is 19.8 Å². The maximum Gasteiger partial charge on any atom is 0.259 e. The monoisotopic (exact) mass is 594 g/mol. The van der Waals surface area contributed by atoms with Gasteiger partial charge in [0, 0.05) is 25.5 Å². The van der Waals surface area contributed by atoms with Gasteiger partial charge in [0.05, 0.1) is 43.0 Å². The van der Waals surface area contributed by atoms with Crippen molar-refractivity contribution in [2.75, 3.05) is 10.6 Å². The van der Waals surface area contributed by atoms with Crippen LogP contribution in [0.1, 0.15) is 20.7 Å². The molecule has 8 nitrogen and oxygen atoms in total. The Kier molecular flexibility index (Phi) is 7.32. The van der Waals surface area contributed by atoms with E-state index in [1.165, 1.54) is 21.6 Å². The van der Waals surface area contributed by atoms with Gasteiger partial charge in [0.15, 0.2) is 0 Å². The van der Waals surface area contributed by atoms with Crippen molar-refractivity contribution < 1.29 is 19.8 Å². The van der Waals surface area contributed by atoms with Gasteiger partial charge in [-0.2, -0.15) is 0 Å². The van der Waals surface area contributed by atoms with Gasteiger partial charge >= 0.3 is 0 Å². The van der Waals surface area contributed by atoms with Gasteiger partial charge in [-0.1, -0.05) is 48.5 Å². The van der Waals surface area contributed by atoms with E-state index >= 15 is 0 Å². The zero-order chi connectivity index (χ0) is 29.4. The maximum atomic E-state index is 13.7. The molecule has 4 N–H and O–H groups in total. The number of nitrogens with one attached hydrogen (secondary N) is 2.